The van der Waals surface area contributed by atoms with Crippen molar-refractivity contribution in [2.75, 3.05) is 6.61 Å². The van der Waals surface area contributed by atoms with E-state index in [0.29, 0.717) is 6.07 Å². The van der Waals surface area contributed by atoms with Crippen LogP contribution >= 0.6 is 0 Å². The maximum Gasteiger partial charge on any atom is 0.417 e. The van der Waals surface area contributed by atoms with Gasteiger partial charge in [-0.15, -0.1) is 0 Å². The highest BCUT2D eigenvalue weighted by atomic mass is 19.4. The van der Waals surface area contributed by atoms with Crippen molar-refractivity contribution in [2.45, 2.75) is 32.2 Å². The summed E-state index contributed by atoms with van der Waals surface area (Å²) < 4.78 is 82.1. The van der Waals surface area contributed by atoms with E-state index in [-0.39, 0.29) is 30.5 Å². The van der Waals surface area contributed by atoms with Crippen molar-refractivity contribution in [3.8, 4) is 0 Å². The molecule has 0 aliphatic carbocycles. The summed E-state index contributed by atoms with van der Waals surface area (Å²) in [5.74, 6) is -0.207. The third-order valence-corrected chi connectivity index (χ3v) is 3.33. The van der Waals surface area contributed by atoms with Crippen LogP contribution in [0.15, 0.2) is 23.2 Å². The highest BCUT2D eigenvalue weighted by Gasteiger charge is 2.40. The first-order valence-corrected chi connectivity index (χ1v) is 6.49. The lowest BCUT2D eigenvalue weighted by atomic mass is 10.0. The quantitative estimate of drug-likeness (QED) is 0.732. The summed E-state index contributed by atoms with van der Waals surface area (Å²) in [6.45, 7) is 3.78. The monoisotopic (exact) mass is 325 g/mol. The van der Waals surface area contributed by atoms with Gasteiger partial charge < -0.3 is 4.74 Å². The predicted octanol–water partition coefficient (Wildman–Crippen LogP) is 4.53. The van der Waals surface area contributed by atoms with Crippen LogP contribution in [-0.4, -0.2) is 18.5 Å². The average Bonchev–Trinajstić information content (AvgIpc) is 2.85. The van der Waals surface area contributed by atoms with Gasteiger partial charge in [0.1, 0.15) is 6.61 Å². The number of halogens is 6. The maximum absolute atomic E-state index is 13.0. The second-order valence-electron chi connectivity index (χ2n) is 5.31. The molecule has 0 radical (unpaired) electrons. The van der Waals surface area contributed by atoms with E-state index < -0.39 is 29.0 Å². The lowest BCUT2D eigenvalue weighted by molar-refractivity contribution is -0.143. The molecule has 0 spiro atoms. The van der Waals surface area contributed by atoms with E-state index in [0.717, 1.165) is 6.07 Å². The van der Waals surface area contributed by atoms with Gasteiger partial charge in [-0.25, -0.2) is 4.99 Å². The summed E-state index contributed by atoms with van der Waals surface area (Å²) in [4.78, 5) is 4.04. The fraction of sp³-hybridized carbons (Fsp3) is 0.500. The van der Waals surface area contributed by atoms with E-state index in [4.69, 9.17) is 4.74 Å². The van der Waals surface area contributed by atoms with Crippen LogP contribution in [0.5, 0.6) is 0 Å². The van der Waals surface area contributed by atoms with E-state index in [9.17, 15) is 26.3 Å². The average molecular weight is 325 g/mol. The van der Waals surface area contributed by atoms with Crippen molar-refractivity contribution in [1.29, 1.82) is 0 Å². The smallest absolute Gasteiger partial charge is 0.417 e. The largest absolute Gasteiger partial charge is 0.475 e. The molecule has 0 aromatic heterocycles. The Kier molecular flexibility index (Phi) is 4.14. The number of hydrogen-bond acceptors (Lipinski definition) is 2. The molecule has 22 heavy (non-hydrogen) atoms. The molecule has 0 bridgehead atoms. The molecule has 0 saturated carbocycles. The van der Waals surface area contributed by atoms with Crippen LogP contribution in [0.4, 0.5) is 26.3 Å². The van der Waals surface area contributed by atoms with E-state index >= 15 is 0 Å². The molecule has 1 heterocycles. The zero-order valence-corrected chi connectivity index (χ0v) is 11.7. The molecule has 1 aliphatic heterocycles. The predicted molar refractivity (Wildman–Crippen MR) is 67.6 cm³/mol. The van der Waals surface area contributed by atoms with E-state index in [1.165, 1.54) is 0 Å². The van der Waals surface area contributed by atoms with Crippen LogP contribution < -0.4 is 0 Å². The van der Waals surface area contributed by atoms with Gasteiger partial charge in [0.05, 0.1) is 17.2 Å². The number of rotatable bonds is 2. The summed E-state index contributed by atoms with van der Waals surface area (Å²) in [5.41, 5.74) is -3.23. The summed E-state index contributed by atoms with van der Waals surface area (Å²) in [6, 6.07) is 1.13. The standard InChI is InChI=1S/C14H13F6NO/c1-7(2)11-6-22-12(21-11)9-4-3-8(13(15,16)17)5-10(9)14(18,19)20/h3-5,7,11H,6H2,1-2H3/t11-/m1/s1. The first kappa shape index (κ1) is 16.6. The highest BCUT2D eigenvalue weighted by Crippen LogP contribution is 2.38. The van der Waals surface area contributed by atoms with Gasteiger partial charge in [-0.3, -0.25) is 0 Å². The first-order chi connectivity index (χ1) is 10.00. The minimum Gasteiger partial charge on any atom is -0.475 e. The van der Waals surface area contributed by atoms with Crippen LogP contribution in [0, 0.1) is 5.92 Å². The lowest BCUT2D eigenvalue weighted by Crippen LogP contribution is -2.16. The molecule has 0 unspecified atom stereocenters. The minimum absolute atomic E-state index is 0.0567. The van der Waals surface area contributed by atoms with Crippen LogP contribution in [0.3, 0.4) is 0 Å². The molecule has 2 rings (SSSR count). The molecule has 1 aliphatic rings. The zero-order valence-electron chi connectivity index (χ0n) is 11.7. The summed E-state index contributed by atoms with van der Waals surface area (Å²) in [7, 11) is 0. The summed E-state index contributed by atoms with van der Waals surface area (Å²) in [6.07, 6.45) is -9.78. The highest BCUT2D eigenvalue weighted by molar-refractivity contribution is 5.97. The molecule has 0 amide bonds. The third kappa shape index (κ3) is 3.36. The Bertz CT molecular complexity index is 588. The van der Waals surface area contributed by atoms with Gasteiger partial charge in [0.25, 0.3) is 0 Å². The SMILES string of the molecule is CC(C)[C@H]1COC(c2ccc(C(F)(F)F)cc2C(F)(F)F)=N1. The van der Waals surface area contributed by atoms with E-state index in [1.54, 1.807) is 0 Å². The van der Waals surface area contributed by atoms with Gasteiger partial charge in [0, 0.05) is 5.56 Å². The van der Waals surface area contributed by atoms with Crippen molar-refractivity contribution >= 4 is 5.90 Å². The summed E-state index contributed by atoms with van der Waals surface area (Å²) >= 11 is 0. The number of hydrogen-bond donors (Lipinski definition) is 0. The first-order valence-electron chi connectivity index (χ1n) is 6.49. The van der Waals surface area contributed by atoms with Gasteiger partial charge in [0.2, 0.25) is 5.90 Å². The fourth-order valence-electron chi connectivity index (χ4n) is 2.02. The number of alkyl halides is 6. The Morgan fingerprint density at radius 2 is 1.73 bits per heavy atom. The molecule has 2 nitrogen and oxygen atoms in total. The van der Waals surface area contributed by atoms with Crippen LogP contribution in [0.25, 0.3) is 0 Å². The molecule has 122 valence electrons. The normalized spacial score (nSPS) is 19.3. The lowest BCUT2D eigenvalue weighted by Gasteiger charge is -2.15. The van der Waals surface area contributed by atoms with Crippen molar-refractivity contribution in [2.24, 2.45) is 10.9 Å². The minimum atomic E-state index is -4.93. The molecule has 1 aromatic rings. The van der Waals surface area contributed by atoms with Gasteiger partial charge in [-0.05, 0) is 24.1 Å². The number of aliphatic imine (C=N–C) groups is 1. The number of ether oxygens (including phenoxy) is 1. The second-order valence-corrected chi connectivity index (χ2v) is 5.31. The molecule has 0 N–H and O–H groups in total. The van der Waals surface area contributed by atoms with Crippen molar-refractivity contribution in [3.63, 3.8) is 0 Å². The third-order valence-electron chi connectivity index (χ3n) is 3.33. The maximum atomic E-state index is 13.0. The Labute approximate surface area is 122 Å². The molecule has 8 heteroatoms. The van der Waals surface area contributed by atoms with Gasteiger partial charge in [0.15, 0.2) is 0 Å². The summed E-state index contributed by atoms with van der Waals surface area (Å²) in [5, 5.41) is 0. The van der Waals surface area contributed by atoms with Gasteiger partial charge in [-0.2, -0.15) is 26.3 Å². The molecular weight excluding hydrogens is 312 g/mol. The second kappa shape index (κ2) is 5.48. The van der Waals surface area contributed by atoms with Gasteiger partial charge >= 0.3 is 12.4 Å². The Balaban J connectivity index is 2.51. The number of nitrogens with zero attached hydrogens (tertiary/aromatic N) is 1. The van der Waals surface area contributed by atoms with Crippen molar-refractivity contribution < 1.29 is 31.1 Å². The number of benzene rings is 1. The van der Waals surface area contributed by atoms with Gasteiger partial charge in [-0.1, -0.05) is 13.8 Å². The Morgan fingerprint density at radius 3 is 2.18 bits per heavy atom. The van der Waals surface area contributed by atoms with Crippen LogP contribution in [0.1, 0.15) is 30.5 Å². The Morgan fingerprint density at radius 1 is 1.09 bits per heavy atom. The molecule has 1 atom stereocenters. The fourth-order valence-corrected chi connectivity index (χ4v) is 2.02. The van der Waals surface area contributed by atoms with Crippen LogP contribution in [-0.2, 0) is 17.1 Å². The molecule has 0 fully saturated rings. The van der Waals surface area contributed by atoms with Crippen LogP contribution in [0.2, 0.25) is 0 Å². The topological polar surface area (TPSA) is 21.6 Å². The Hall–Kier alpha value is -1.73. The molecule has 0 saturated heterocycles. The van der Waals surface area contributed by atoms with E-state index in [1.807, 2.05) is 13.8 Å². The van der Waals surface area contributed by atoms with Crippen molar-refractivity contribution in [1.82, 2.24) is 0 Å². The zero-order chi connectivity index (χ0) is 16.7. The molecule has 1 aromatic carbocycles. The van der Waals surface area contributed by atoms with Crippen molar-refractivity contribution in [3.05, 3.63) is 34.9 Å². The van der Waals surface area contributed by atoms with E-state index in [2.05, 4.69) is 4.99 Å². The molecular formula is C14H13F6NO.